The van der Waals surface area contributed by atoms with E-state index in [1.54, 1.807) is 0 Å². The molecule has 1 aromatic rings. The number of sulfonamides is 1. The summed E-state index contributed by atoms with van der Waals surface area (Å²) in [5, 5.41) is 8.66. The van der Waals surface area contributed by atoms with Crippen LogP contribution in [0.5, 0.6) is 0 Å². The lowest BCUT2D eigenvalue weighted by Gasteiger charge is -2.10. The van der Waals surface area contributed by atoms with Crippen molar-refractivity contribution < 1.29 is 16.8 Å². The minimum absolute atomic E-state index is 0.0306. The first-order valence-corrected chi connectivity index (χ1v) is 9.33. The molecule has 8 heteroatoms. The van der Waals surface area contributed by atoms with Gasteiger partial charge in [0.2, 0.25) is 10.0 Å². The Balaban J connectivity index is 2.02. The number of hydrogen-bond acceptors (Lipinski definition) is 5. The highest BCUT2D eigenvalue weighted by Gasteiger charge is 2.28. The van der Waals surface area contributed by atoms with Crippen LogP contribution < -0.4 is 4.72 Å². The van der Waals surface area contributed by atoms with Crippen LogP contribution in [-0.4, -0.2) is 34.9 Å². The second-order valence-corrected chi connectivity index (χ2v) is 8.75. The Bertz CT molecular complexity index is 731. The van der Waals surface area contributed by atoms with E-state index in [-0.39, 0.29) is 28.9 Å². The molecule has 1 unspecified atom stereocenters. The Hall–Kier alpha value is -1.43. The van der Waals surface area contributed by atoms with E-state index < -0.39 is 19.9 Å². The molecule has 0 bridgehead atoms. The molecule has 1 saturated heterocycles. The van der Waals surface area contributed by atoms with Crippen LogP contribution in [0.2, 0.25) is 0 Å². The minimum atomic E-state index is -3.66. The van der Waals surface area contributed by atoms with E-state index >= 15 is 0 Å². The Kier molecular flexibility index (Phi) is 4.13. The van der Waals surface area contributed by atoms with Gasteiger partial charge >= 0.3 is 0 Å². The molecular formula is C12H14N2O4S2. The van der Waals surface area contributed by atoms with E-state index in [0.29, 0.717) is 12.0 Å². The Morgan fingerprint density at radius 2 is 1.95 bits per heavy atom. The number of nitriles is 1. The van der Waals surface area contributed by atoms with Crippen molar-refractivity contribution in [2.75, 3.05) is 18.1 Å². The van der Waals surface area contributed by atoms with Crippen molar-refractivity contribution in [1.29, 1.82) is 5.26 Å². The lowest BCUT2D eigenvalue weighted by atomic mass is 10.1. The minimum Gasteiger partial charge on any atom is -0.229 e. The molecule has 1 aliphatic rings. The molecule has 1 fully saturated rings. The van der Waals surface area contributed by atoms with Crippen molar-refractivity contribution >= 4 is 19.9 Å². The van der Waals surface area contributed by atoms with Crippen LogP contribution in [0, 0.1) is 17.2 Å². The highest BCUT2D eigenvalue weighted by atomic mass is 32.2. The van der Waals surface area contributed by atoms with E-state index in [1.165, 1.54) is 24.3 Å². The molecule has 0 radical (unpaired) electrons. The topological polar surface area (TPSA) is 104 Å². The first-order valence-electron chi connectivity index (χ1n) is 6.03. The summed E-state index contributed by atoms with van der Waals surface area (Å²) in [4.78, 5) is 0.0670. The van der Waals surface area contributed by atoms with Crippen LogP contribution in [0.15, 0.2) is 29.2 Å². The van der Waals surface area contributed by atoms with Crippen molar-refractivity contribution in [2.24, 2.45) is 5.92 Å². The average Bonchev–Trinajstić information content (AvgIpc) is 2.76. The standard InChI is InChI=1S/C12H14N2O4S2/c13-7-10-1-3-12(4-2-10)20(17,18)14-8-11-5-6-19(15,16)9-11/h1-4,11,14H,5-6,8-9H2. The van der Waals surface area contributed by atoms with Crippen LogP contribution >= 0.6 is 0 Å². The Morgan fingerprint density at radius 1 is 1.30 bits per heavy atom. The SMILES string of the molecule is N#Cc1ccc(S(=O)(=O)NCC2CCS(=O)(=O)C2)cc1. The van der Waals surface area contributed by atoms with Gasteiger partial charge < -0.3 is 0 Å². The molecule has 0 aliphatic carbocycles. The van der Waals surface area contributed by atoms with Gasteiger partial charge in [0.1, 0.15) is 0 Å². The van der Waals surface area contributed by atoms with Crippen LogP contribution in [0.3, 0.4) is 0 Å². The highest BCUT2D eigenvalue weighted by Crippen LogP contribution is 2.18. The summed E-state index contributed by atoms with van der Waals surface area (Å²) in [5.74, 6) is -0.0211. The molecular weight excluding hydrogens is 300 g/mol. The lowest BCUT2D eigenvalue weighted by Crippen LogP contribution is -2.29. The third-order valence-corrected chi connectivity index (χ3v) is 6.46. The number of rotatable bonds is 4. The largest absolute Gasteiger partial charge is 0.240 e. The van der Waals surface area contributed by atoms with Gasteiger partial charge in [-0.1, -0.05) is 0 Å². The van der Waals surface area contributed by atoms with Crippen molar-refractivity contribution in [2.45, 2.75) is 11.3 Å². The first kappa shape index (κ1) is 15.0. The van der Waals surface area contributed by atoms with E-state index in [4.69, 9.17) is 5.26 Å². The molecule has 1 aliphatic heterocycles. The van der Waals surface area contributed by atoms with Crippen molar-refractivity contribution in [3.8, 4) is 6.07 Å². The second kappa shape index (κ2) is 5.52. The van der Waals surface area contributed by atoms with Gasteiger partial charge in [-0.15, -0.1) is 0 Å². The first-order chi connectivity index (χ1) is 9.32. The quantitative estimate of drug-likeness (QED) is 0.859. The molecule has 1 atom stereocenters. The fourth-order valence-electron chi connectivity index (χ4n) is 2.05. The zero-order chi connectivity index (χ0) is 14.8. The third-order valence-electron chi connectivity index (χ3n) is 3.18. The maximum absolute atomic E-state index is 12.0. The molecule has 1 N–H and O–H groups in total. The van der Waals surface area contributed by atoms with Gasteiger partial charge in [0, 0.05) is 6.54 Å². The predicted octanol–water partition coefficient (Wildman–Crippen LogP) is 0.271. The molecule has 1 aromatic carbocycles. The van der Waals surface area contributed by atoms with E-state index in [0.717, 1.165) is 0 Å². The summed E-state index contributed by atoms with van der Waals surface area (Å²) in [6, 6.07) is 7.47. The molecule has 6 nitrogen and oxygen atoms in total. The normalized spacial score (nSPS) is 21.4. The van der Waals surface area contributed by atoms with Crippen LogP contribution in [0.25, 0.3) is 0 Å². The van der Waals surface area contributed by atoms with E-state index in [1.807, 2.05) is 6.07 Å². The molecule has 2 rings (SSSR count). The molecule has 0 aromatic heterocycles. The maximum atomic E-state index is 12.0. The van der Waals surface area contributed by atoms with E-state index in [9.17, 15) is 16.8 Å². The number of benzene rings is 1. The number of sulfone groups is 1. The summed E-state index contributed by atoms with van der Waals surface area (Å²) in [6.45, 7) is 0.113. The van der Waals surface area contributed by atoms with Gasteiger partial charge in [-0.05, 0) is 36.6 Å². The number of nitrogens with one attached hydrogen (secondary N) is 1. The van der Waals surface area contributed by atoms with Gasteiger partial charge in [0.05, 0.1) is 28.0 Å². The van der Waals surface area contributed by atoms with Crippen LogP contribution in [-0.2, 0) is 19.9 Å². The van der Waals surface area contributed by atoms with Gasteiger partial charge in [-0.2, -0.15) is 5.26 Å². The lowest BCUT2D eigenvalue weighted by molar-refractivity contribution is 0.543. The maximum Gasteiger partial charge on any atom is 0.240 e. The van der Waals surface area contributed by atoms with Crippen LogP contribution in [0.4, 0.5) is 0 Å². The number of nitrogens with zero attached hydrogens (tertiary/aromatic N) is 1. The second-order valence-electron chi connectivity index (χ2n) is 4.76. The smallest absolute Gasteiger partial charge is 0.229 e. The fraction of sp³-hybridized carbons (Fsp3) is 0.417. The monoisotopic (exact) mass is 314 g/mol. The van der Waals surface area contributed by atoms with Crippen molar-refractivity contribution in [3.63, 3.8) is 0 Å². The summed E-state index contributed by atoms with van der Waals surface area (Å²) >= 11 is 0. The zero-order valence-corrected chi connectivity index (χ0v) is 12.2. The van der Waals surface area contributed by atoms with E-state index in [2.05, 4.69) is 4.72 Å². The van der Waals surface area contributed by atoms with Gasteiger partial charge in [-0.3, -0.25) is 0 Å². The summed E-state index contributed by atoms with van der Waals surface area (Å²) in [7, 11) is -6.67. The van der Waals surface area contributed by atoms with Gasteiger partial charge in [-0.25, -0.2) is 21.6 Å². The molecule has 0 spiro atoms. The Morgan fingerprint density at radius 3 is 2.45 bits per heavy atom. The summed E-state index contributed by atoms with van der Waals surface area (Å²) < 4.78 is 49.0. The predicted molar refractivity (Wildman–Crippen MR) is 73.1 cm³/mol. The fourth-order valence-corrected chi connectivity index (χ4v) is 5.03. The average molecular weight is 314 g/mol. The Labute approximate surface area is 118 Å². The van der Waals surface area contributed by atoms with Gasteiger partial charge in [0.25, 0.3) is 0 Å². The van der Waals surface area contributed by atoms with Gasteiger partial charge in [0.15, 0.2) is 9.84 Å². The van der Waals surface area contributed by atoms with Crippen molar-refractivity contribution in [1.82, 2.24) is 4.72 Å². The zero-order valence-electron chi connectivity index (χ0n) is 10.6. The van der Waals surface area contributed by atoms with Crippen molar-refractivity contribution in [3.05, 3.63) is 29.8 Å². The summed E-state index contributed by atoms with van der Waals surface area (Å²) in [6.07, 6.45) is 0.484. The molecule has 0 amide bonds. The highest BCUT2D eigenvalue weighted by molar-refractivity contribution is 7.91. The third kappa shape index (κ3) is 3.56. The molecule has 108 valence electrons. The molecule has 20 heavy (non-hydrogen) atoms. The summed E-state index contributed by atoms with van der Waals surface area (Å²) in [5.41, 5.74) is 0.380. The molecule has 1 heterocycles. The molecule has 0 saturated carbocycles. The number of hydrogen-bond donors (Lipinski definition) is 1. The van der Waals surface area contributed by atoms with Crippen LogP contribution in [0.1, 0.15) is 12.0 Å².